The molecule has 0 aliphatic carbocycles. The fourth-order valence-electron chi connectivity index (χ4n) is 1.21. The van der Waals surface area contributed by atoms with Crippen LogP contribution in [0.25, 0.3) is 0 Å². The summed E-state index contributed by atoms with van der Waals surface area (Å²) >= 11 is 0. The van der Waals surface area contributed by atoms with Crippen LogP contribution >= 0.6 is 0 Å². The van der Waals surface area contributed by atoms with Gasteiger partial charge in [0.25, 0.3) is 0 Å². The molecule has 14 heavy (non-hydrogen) atoms. The number of hydrogen-bond donors (Lipinski definition) is 2. The molecule has 4 heteroatoms. The zero-order valence-electron chi connectivity index (χ0n) is 8.98. The summed E-state index contributed by atoms with van der Waals surface area (Å²) in [5.74, 6) is 0.0413. The first kappa shape index (κ1) is 11.0. The first-order valence-electron chi connectivity index (χ1n) is 4.80. The van der Waals surface area contributed by atoms with E-state index in [4.69, 9.17) is 5.26 Å². The van der Waals surface area contributed by atoms with Crippen molar-refractivity contribution < 1.29 is 4.79 Å². The van der Waals surface area contributed by atoms with E-state index >= 15 is 0 Å². The highest BCUT2D eigenvalue weighted by Gasteiger charge is 2.39. The lowest BCUT2D eigenvalue weighted by Gasteiger charge is -2.38. The Labute approximate surface area is 84.7 Å². The van der Waals surface area contributed by atoms with Crippen molar-refractivity contribution in [2.75, 3.05) is 19.6 Å². The topological polar surface area (TPSA) is 64.9 Å². The molecule has 0 aromatic carbocycles. The molecule has 0 aromatic heterocycles. The summed E-state index contributed by atoms with van der Waals surface area (Å²) in [4.78, 5) is 11.6. The number of nitrogens with zero attached hydrogens (tertiary/aromatic N) is 1. The summed E-state index contributed by atoms with van der Waals surface area (Å²) in [6, 6.07) is 2.15. The number of rotatable bonds is 3. The minimum absolute atomic E-state index is 0.0413. The van der Waals surface area contributed by atoms with E-state index < -0.39 is 5.41 Å². The zero-order valence-corrected chi connectivity index (χ0v) is 8.98. The molecule has 1 rings (SSSR count). The van der Waals surface area contributed by atoms with Crippen LogP contribution in [0.3, 0.4) is 0 Å². The van der Waals surface area contributed by atoms with Crippen molar-refractivity contribution in [1.82, 2.24) is 10.6 Å². The van der Waals surface area contributed by atoms with Crippen LogP contribution in [0.1, 0.15) is 20.8 Å². The Morgan fingerprint density at radius 1 is 1.64 bits per heavy atom. The van der Waals surface area contributed by atoms with Gasteiger partial charge in [-0.2, -0.15) is 5.26 Å². The van der Waals surface area contributed by atoms with E-state index in [0.29, 0.717) is 6.54 Å². The Kier molecular flexibility index (Phi) is 2.81. The van der Waals surface area contributed by atoms with Crippen LogP contribution in [-0.4, -0.2) is 25.5 Å². The van der Waals surface area contributed by atoms with Crippen molar-refractivity contribution in [2.24, 2.45) is 10.8 Å². The Bertz CT molecular complexity index is 274. The van der Waals surface area contributed by atoms with Crippen molar-refractivity contribution in [3.05, 3.63) is 0 Å². The van der Waals surface area contributed by atoms with Crippen LogP contribution in [0.2, 0.25) is 0 Å². The van der Waals surface area contributed by atoms with Gasteiger partial charge in [-0.1, -0.05) is 0 Å². The fourth-order valence-corrected chi connectivity index (χ4v) is 1.21. The van der Waals surface area contributed by atoms with Crippen molar-refractivity contribution in [3.63, 3.8) is 0 Å². The quantitative estimate of drug-likeness (QED) is 0.679. The molecule has 1 fully saturated rings. The first-order chi connectivity index (χ1) is 6.40. The summed E-state index contributed by atoms with van der Waals surface area (Å²) in [6.07, 6.45) is 0. The molecule has 1 saturated heterocycles. The molecule has 0 atom stereocenters. The SMILES string of the molecule is CC(C)(C#N)CNC(=O)C1(C)CNC1. The van der Waals surface area contributed by atoms with Gasteiger partial charge in [0.1, 0.15) is 0 Å². The fraction of sp³-hybridized carbons (Fsp3) is 0.800. The summed E-state index contributed by atoms with van der Waals surface area (Å²) in [7, 11) is 0. The van der Waals surface area contributed by atoms with Gasteiger partial charge in [-0.3, -0.25) is 4.79 Å². The van der Waals surface area contributed by atoms with Crippen molar-refractivity contribution in [2.45, 2.75) is 20.8 Å². The van der Waals surface area contributed by atoms with Gasteiger partial charge in [-0.25, -0.2) is 0 Å². The number of carbonyl (C=O) groups is 1. The third kappa shape index (κ3) is 2.24. The van der Waals surface area contributed by atoms with Gasteiger partial charge in [-0.15, -0.1) is 0 Å². The molecule has 78 valence electrons. The van der Waals surface area contributed by atoms with Crippen molar-refractivity contribution in [1.29, 1.82) is 5.26 Å². The maximum absolute atomic E-state index is 11.6. The number of hydrogen-bond acceptors (Lipinski definition) is 3. The van der Waals surface area contributed by atoms with E-state index in [2.05, 4.69) is 16.7 Å². The molecule has 0 unspecified atom stereocenters. The maximum Gasteiger partial charge on any atom is 0.228 e. The summed E-state index contributed by atoms with van der Waals surface area (Å²) in [5, 5.41) is 14.7. The number of carbonyl (C=O) groups excluding carboxylic acids is 1. The summed E-state index contributed by atoms with van der Waals surface area (Å²) in [6.45, 7) is 7.43. The molecule has 1 aliphatic heterocycles. The average molecular weight is 195 g/mol. The smallest absolute Gasteiger partial charge is 0.228 e. The summed E-state index contributed by atoms with van der Waals surface area (Å²) in [5.41, 5.74) is -0.755. The maximum atomic E-state index is 11.6. The van der Waals surface area contributed by atoms with E-state index in [9.17, 15) is 4.79 Å². The van der Waals surface area contributed by atoms with Crippen LogP contribution in [0.15, 0.2) is 0 Å². The minimum Gasteiger partial charge on any atom is -0.354 e. The Balaban J connectivity index is 2.39. The molecule has 0 radical (unpaired) electrons. The van der Waals surface area contributed by atoms with Crippen LogP contribution < -0.4 is 10.6 Å². The van der Waals surface area contributed by atoms with E-state index in [1.54, 1.807) is 0 Å². The van der Waals surface area contributed by atoms with Gasteiger partial charge in [0.2, 0.25) is 5.91 Å². The molecule has 1 aliphatic rings. The molecule has 1 amide bonds. The van der Waals surface area contributed by atoms with E-state index in [1.165, 1.54) is 0 Å². The van der Waals surface area contributed by atoms with E-state index in [0.717, 1.165) is 13.1 Å². The Morgan fingerprint density at radius 2 is 2.21 bits per heavy atom. The molecular formula is C10H17N3O. The van der Waals surface area contributed by atoms with Crippen LogP contribution in [-0.2, 0) is 4.79 Å². The van der Waals surface area contributed by atoms with Gasteiger partial charge in [0, 0.05) is 19.6 Å². The molecule has 0 aromatic rings. The second-order valence-corrected chi connectivity index (χ2v) is 4.84. The van der Waals surface area contributed by atoms with Crippen molar-refractivity contribution >= 4 is 5.91 Å². The molecule has 0 spiro atoms. The second-order valence-electron chi connectivity index (χ2n) is 4.84. The molecular weight excluding hydrogens is 178 g/mol. The Hall–Kier alpha value is -1.08. The largest absolute Gasteiger partial charge is 0.354 e. The molecule has 4 nitrogen and oxygen atoms in total. The van der Waals surface area contributed by atoms with E-state index in [1.807, 2.05) is 20.8 Å². The highest BCUT2D eigenvalue weighted by atomic mass is 16.2. The third-order valence-electron chi connectivity index (χ3n) is 2.57. The minimum atomic E-state index is -0.483. The summed E-state index contributed by atoms with van der Waals surface area (Å²) < 4.78 is 0. The van der Waals surface area contributed by atoms with Gasteiger partial charge in [0.15, 0.2) is 0 Å². The third-order valence-corrected chi connectivity index (χ3v) is 2.57. The molecule has 0 saturated carbocycles. The molecule has 1 heterocycles. The Morgan fingerprint density at radius 3 is 2.57 bits per heavy atom. The molecule has 0 bridgehead atoms. The van der Waals surface area contributed by atoms with Crippen LogP contribution in [0.4, 0.5) is 0 Å². The standard InChI is InChI=1S/C10H17N3O/c1-9(2,4-11)5-13-8(14)10(3)6-12-7-10/h12H,5-7H2,1-3H3,(H,13,14). The lowest BCUT2D eigenvalue weighted by atomic mass is 9.83. The molecule has 2 N–H and O–H groups in total. The predicted octanol–water partition coefficient (Wildman–Crippen LogP) is 0.262. The van der Waals surface area contributed by atoms with Crippen LogP contribution in [0, 0.1) is 22.2 Å². The lowest BCUT2D eigenvalue weighted by Crippen LogP contribution is -2.60. The van der Waals surface area contributed by atoms with Gasteiger partial charge in [0.05, 0.1) is 16.9 Å². The monoisotopic (exact) mass is 195 g/mol. The first-order valence-corrected chi connectivity index (χ1v) is 4.80. The lowest BCUT2D eigenvalue weighted by molar-refractivity contribution is -0.133. The highest BCUT2D eigenvalue weighted by Crippen LogP contribution is 2.21. The highest BCUT2D eigenvalue weighted by molar-refractivity contribution is 5.83. The van der Waals surface area contributed by atoms with Crippen LogP contribution in [0.5, 0.6) is 0 Å². The van der Waals surface area contributed by atoms with Gasteiger partial charge < -0.3 is 10.6 Å². The zero-order chi connectivity index (χ0) is 10.8. The van der Waals surface area contributed by atoms with Gasteiger partial charge >= 0.3 is 0 Å². The number of nitriles is 1. The average Bonchev–Trinajstić information content (AvgIpc) is 2.10. The number of nitrogens with one attached hydrogen (secondary N) is 2. The predicted molar refractivity (Wildman–Crippen MR) is 53.4 cm³/mol. The van der Waals surface area contributed by atoms with E-state index in [-0.39, 0.29) is 11.3 Å². The second kappa shape index (κ2) is 3.58. The van der Waals surface area contributed by atoms with Gasteiger partial charge in [-0.05, 0) is 20.8 Å². The van der Waals surface area contributed by atoms with Crippen molar-refractivity contribution in [3.8, 4) is 6.07 Å². The normalized spacial score (nSPS) is 19.3. The number of amides is 1.